The molecule has 25 heavy (non-hydrogen) atoms. The van der Waals surface area contributed by atoms with E-state index < -0.39 is 0 Å². The largest absolute Gasteiger partial charge is 0.497 e. The number of hydrogen-bond acceptors (Lipinski definition) is 5. The van der Waals surface area contributed by atoms with Crippen LogP contribution in [0, 0.1) is 0 Å². The van der Waals surface area contributed by atoms with Gasteiger partial charge in [0.2, 0.25) is 0 Å². The number of anilines is 1. The van der Waals surface area contributed by atoms with E-state index in [1.54, 1.807) is 31.4 Å². The molecule has 0 atom stereocenters. The van der Waals surface area contributed by atoms with E-state index in [1.807, 2.05) is 43.3 Å². The number of fused-ring (bicyclic) bond motifs is 1. The Morgan fingerprint density at radius 2 is 1.76 bits per heavy atom. The van der Waals surface area contributed by atoms with Gasteiger partial charge < -0.3 is 14.4 Å². The van der Waals surface area contributed by atoms with Gasteiger partial charge in [-0.2, -0.15) is 5.10 Å². The smallest absolute Gasteiger partial charge is 0.279 e. The first-order valence-corrected chi connectivity index (χ1v) is 7.93. The van der Waals surface area contributed by atoms with Crippen molar-refractivity contribution in [1.29, 1.82) is 0 Å². The van der Waals surface area contributed by atoms with Crippen molar-refractivity contribution >= 4 is 23.5 Å². The van der Waals surface area contributed by atoms with E-state index in [-0.39, 0.29) is 5.91 Å². The molecule has 3 rings (SSSR count). The normalized spacial score (nSPS) is 15.1. The summed E-state index contributed by atoms with van der Waals surface area (Å²) in [6.07, 6.45) is 1.57. The third kappa shape index (κ3) is 3.24. The Labute approximate surface area is 146 Å². The summed E-state index contributed by atoms with van der Waals surface area (Å²) >= 11 is 0. The molecule has 0 bridgehead atoms. The third-order valence-corrected chi connectivity index (χ3v) is 3.95. The molecule has 2 aromatic carbocycles. The maximum Gasteiger partial charge on any atom is 0.279 e. The first-order chi connectivity index (χ1) is 12.2. The number of carbonyl (C=O) groups excluding carboxylic acids is 1. The van der Waals surface area contributed by atoms with Crippen LogP contribution in [-0.4, -0.2) is 38.6 Å². The Bertz CT molecular complexity index is 836. The molecule has 1 aliphatic rings. The van der Waals surface area contributed by atoms with Crippen LogP contribution in [0.3, 0.4) is 0 Å². The summed E-state index contributed by atoms with van der Waals surface area (Å²) < 4.78 is 10.5. The van der Waals surface area contributed by atoms with Crippen molar-refractivity contribution < 1.29 is 14.3 Å². The summed E-state index contributed by atoms with van der Waals surface area (Å²) in [5.74, 6) is 1.19. The minimum atomic E-state index is -0.135. The van der Waals surface area contributed by atoms with E-state index in [1.165, 1.54) is 0 Å². The van der Waals surface area contributed by atoms with E-state index in [9.17, 15) is 4.79 Å². The lowest BCUT2D eigenvalue weighted by molar-refractivity contribution is -0.112. The number of rotatable bonds is 5. The van der Waals surface area contributed by atoms with Crippen molar-refractivity contribution in [2.75, 3.05) is 25.7 Å². The lowest BCUT2D eigenvalue weighted by atomic mass is 10.1. The van der Waals surface area contributed by atoms with Crippen LogP contribution in [0.25, 0.3) is 0 Å². The molecule has 128 valence electrons. The van der Waals surface area contributed by atoms with Crippen molar-refractivity contribution in [2.24, 2.45) is 10.2 Å². The highest BCUT2D eigenvalue weighted by Gasteiger charge is 2.32. The second kappa shape index (κ2) is 7.17. The fourth-order valence-electron chi connectivity index (χ4n) is 2.73. The molecule has 0 N–H and O–H groups in total. The Kier molecular flexibility index (Phi) is 4.79. The Hall–Kier alpha value is -3.15. The van der Waals surface area contributed by atoms with E-state index >= 15 is 0 Å². The van der Waals surface area contributed by atoms with Crippen molar-refractivity contribution in [1.82, 2.24) is 0 Å². The van der Waals surface area contributed by atoms with E-state index in [4.69, 9.17) is 9.47 Å². The van der Waals surface area contributed by atoms with E-state index in [2.05, 4.69) is 10.2 Å². The molecule has 0 radical (unpaired) electrons. The van der Waals surface area contributed by atoms with Crippen LogP contribution >= 0.6 is 0 Å². The second-order valence-corrected chi connectivity index (χ2v) is 5.41. The summed E-state index contributed by atoms with van der Waals surface area (Å²) in [6.45, 7) is 2.52. The van der Waals surface area contributed by atoms with E-state index in [0.717, 1.165) is 16.8 Å². The minimum Gasteiger partial charge on any atom is -0.497 e. The molecule has 2 aromatic rings. The number of hydrogen-bond donors (Lipinski definition) is 0. The number of benzene rings is 2. The average Bonchev–Trinajstić information content (AvgIpc) is 2.92. The number of amides is 1. The van der Waals surface area contributed by atoms with Crippen LogP contribution in [0.5, 0.6) is 11.5 Å². The molecule has 1 heterocycles. The molecule has 6 heteroatoms. The van der Waals surface area contributed by atoms with Gasteiger partial charge in [-0.25, -0.2) is 0 Å². The minimum absolute atomic E-state index is 0.135. The molecule has 6 nitrogen and oxygen atoms in total. The van der Waals surface area contributed by atoms with Gasteiger partial charge in [0.15, 0.2) is 5.71 Å². The van der Waals surface area contributed by atoms with Crippen molar-refractivity contribution in [3.63, 3.8) is 0 Å². The van der Waals surface area contributed by atoms with Gasteiger partial charge in [-0.3, -0.25) is 4.79 Å². The van der Waals surface area contributed by atoms with Gasteiger partial charge in [0, 0.05) is 23.7 Å². The lowest BCUT2D eigenvalue weighted by Gasteiger charge is -2.12. The van der Waals surface area contributed by atoms with Gasteiger partial charge in [0.1, 0.15) is 11.5 Å². The maximum atomic E-state index is 12.5. The molecular weight excluding hydrogens is 318 g/mol. The summed E-state index contributed by atoms with van der Waals surface area (Å²) in [5.41, 5.74) is 2.79. The Morgan fingerprint density at radius 3 is 2.40 bits per heavy atom. The maximum absolute atomic E-state index is 12.5. The van der Waals surface area contributed by atoms with Crippen molar-refractivity contribution in [2.45, 2.75) is 6.92 Å². The number of nitrogens with zero attached hydrogens (tertiary/aromatic N) is 3. The van der Waals surface area contributed by atoms with Gasteiger partial charge in [0.05, 0.1) is 26.1 Å². The predicted molar refractivity (Wildman–Crippen MR) is 98.1 cm³/mol. The standard InChI is InChI=1S/C19H19N3O3/c1-4-22-17-8-6-5-7-16(17)18(19(22)23)21-20-12-13-9-14(24-2)11-15(10-13)25-3/h5-12H,4H2,1-3H3/b20-12-,21-18+. The molecule has 0 saturated heterocycles. The molecule has 0 spiro atoms. The summed E-state index contributed by atoms with van der Waals surface area (Å²) in [5, 5.41) is 8.26. The van der Waals surface area contributed by atoms with Crippen molar-refractivity contribution in [3.05, 3.63) is 53.6 Å². The first-order valence-electron chi connectivity index (χ1n) is 7.93. The molecule has 0 fully saturated rings. The van der Waals surface area contributed by atoms with Crippen LogP contribution in [0.1, 0.15) is 18.1 Å². The molecular formula is C19H19N3O3. The Morgan fingerprint density at radius 1 is 1.08 bits per heavy atom. The first kappa shape index (κ1) is 16.7. The molecule has 1 aliphatic heterocycles. The van der Waals surface area contributed by atoms with Crippen LogP contribution in [0.15, 0.2) is 52.7 Å². The number of likely N-dealkylation sites (N-methyl/N-ethyl adjacent to an activating group) is 1. The predicted octanol–water partition coefficient (Wildman–Crippen LogP) is 2.89. The van der Waals surface area contributed by atoms with Crippen LogP contribution < -0.4 is 14.4 Å². The second-order valence-electron chi connectivity index (χ2n) is 5.41. The zero-order chi connectivity index (χ0) is 17.8. The number of carbonyl (C=O) groups is 1. The topological polar surface area (TPSA) is 63.5 Å². The monoisotopic (exact) mass is 337 g/mol. The Balaban J connectivity index is 1.92. The highest BCUT2D eigenvalue weighted by atomic mass is 16.5. The van der Waals surface area contributed by atoms with Crippen LogP contribution in [0.4, 0.5) is 5.69 Å². The number of methoxy groups -OCH3 is 2. The van der Waals surface area contributed by atoms with Gasteiger partial charge in [-0.05, 0) is 25.1 Å². The molecule has 0 saturated carbocycles. The molecule has 0 aromatic heterocycles. The van der Waals surface area contributed by atoms with Crippen LogP contribution in [-0.2, 0) is 4.79 Å². The molecule has 0 aliphatic carbocycles. The highest BCUT2D eigenvalue weighted by Crippen LogP contribution is 2.28. The third-order valence-electron chi connectivity index (χ3n) is 3.95. The fourth-order valence-corrected chi connectivity index (χ4v) is 2.73. The van der Waals surface area contributed by atoms with Gasteiger partial charge in [-0.15, -0.1) is 5.10 Å². The average molecular weight is 337 g/mol. The zero-order valence-electron chi connectivity index (χ0n) is 14.4. The quantitative estimate of drug-likeness (QED) is 0.622. The fraction of sp³-hybridized carbons (Fsp3) is 0.211. The molecule has 1 amide bonds. The van der Waals surface area contributed by atoms with E-state index in [0.29, 0.717) is 23.8 Å². The summed E-state index contributed by atoms with van der Waals surface area (Å²) in [7, 11) is 3.17. The SMILES string of the molecule is CCN1C(=O)/C(=N/N=C\c2cc(OC)cc(OC)c2)c2ccccc21. The van der Waals surface area contributed by atoms with Crippen molar-refractivity contribution in [3.8, 4) is 11.5 Å². The summed E-state index contributed by atoms with van der Waals surface area (Å²) in [4.78, 5) is 14.2. The number of para-hydroxylation sites is 1. The van der Waals surface area contributed by atoms with Gasteiger partial charge in [-0.1, -0.05) is 18.2 Å². The highest BCUT2D eigenvalue weighted by molar-refractivity contribution is 6.54. The number of ether oxygens (including phenoxy) is 2. The van der Waals surface area contributed by atoms with Crippen LogP contribution in [0.2, 0.25) is 0 Å². The summed E-state index contributed by atoms with van der Waals surface area (Å²) in [6, 6.07) is 13.0. The molecule has 0 unspecified atom stereocenters. The van der Waals surface area contributed by atoms with Gasteiger partial charge in [0.25, 0.3) is 5.91 Å². The van der Waals surface area contributed by atoms with Gasteiger partial charge >= 0.3 is 0 Å². The lowest BCUT2D eigenvalue weighted by Crippen LogP contribution is -2.29. The zero-order valence-corrected chi connectivity index (χ0v) is 14.4.